The molecule has 0 spiro atoms. The Hall–Kier alpha value is -2.48. The number of halogens is 1. The van der Waals surface area contributed by atoms with E-state index < -0.39 is 4.92 Å². The molecule has 3 aromatic rings. The van der Waals surface area contributed by atoms with E-state index in [1.165, 1.54) is 12.1 Å². The van der Waals surface area contributed by atoms with E-state index in [-0.39, 0.29) is 5.69 Å². The Morgan fingerprint density at radius 1 is 1.43 bits per heavy atom. The van der Waals surface area contributed by atoms with Gasteiger partial charge in [-0.3, -0.25) is 10.1 Å². The second-order valence-corrected chi connectivity index (χ2v) is 5.16. The van der Waals surface area contributed by atoms with E-state index in [9.17, 15) is 10.1 Å². The van der Waals surface area contributed by atoms with E-state index >= 15 is 0 Å². The molecule has 0 saturated heterocycles. The van der Waals surface area contributed by atoms with Gasteiger partial charge in [0.2, 0.25) is 0 Å². The Morgan fingerprint density at radius 2 is 2.29 bits per heavy atom. The Labute approximate surface area is 127 Å². The van der Waals surface area contributed by atoms with Crippen LogP contribution in [-0.4, -0.2) is 19.3 Å². The smallest absolute Gasteiger partial charge is 0.269 e. The van der Waals surface area contributed by atoms with Crippen molar-refractivity contribution >= 4 is 33.1 Å². The van der Waals surface area contributed by atoms with Crippen LogP contribution in [0.15, 0.2) is 47.5 Å². The summed E-state index contributed by atoms with van der Waals surface area (Å²) in [7, 11) is 0. The van der Waals surface area contributed by atoms with Crippen LogP contribution in [0.4, 0.5) is 11.5 Å². The summed E-state index contributed by atoms with van der Waals surface area (Å²) in [4.78, 5) is 18.9. The van der Waals surface area contributed by atoms with Gasteiger partial charge in [-0.15, -0.1) is 0 Å². The molecule has 2 heterocycles. The third-order valence-corrected chi connectivity index (χ3v) is 3.31. The van der Waals surface area contributed by atoms with E-state index in [0.29, 0.717) is 22.6 Å². The number of benzene rings is 1. The number of non-ortho nitro benzene ring substituents is 1. The summed E-state index contributed by atoms with van der Waals surface area (Å²) in [5, 5.41) is 13.9. The number of nitro groups is 1. The molecule has 1 N–H and O–H groups in total. The Morgan fingerprint density at radius 3 is 3.10 bits per heavy atom. The molecule has 0 aliphatic heterocycles. The van der Waals surface area contributed by atoms with E-state index in [2.05, 4.69) is 31.2 Å². The summed E-state index contributed by atoms with van der Waals surface area (Å²) in [6, 6.07) is 6.48. The van der Waals surface area contributed by atoms with Crippen LogP contribution < -0.4 is 5.32 Å². The second kappa shape index (κ2) is 5.49. The quantitative estimate of drug-likeness (QED) is 0.579. The number of nitrogens with zero attached hydrogens (tertiary/aromatic N) is 4. The van der Waals surface area contributed by atoms with Crippen LogP contribution in [0.25, 0.3) is 5.65 Å². The van der Waals surface area contributed by atoms with Gasteiger partial charge in [0.05, 0.1) is 4.92 Å². The molecular formula is C13H10BrN5O2. The lowest BCUT2D eigenvalue weighted by Crippen LogP contribution is -2.04. The number of hydrogen-bond acceptors (Lipinski definition) is 5. The first kappa shape index (κ1) is 13.5. The maximum absolute atomic E-state index is 10.8. The second-order valence-electron chi connectivity index (χ2n) is 4.35. The van der Waals surface area contributed by atoms with Gasteiger partial charge in [0.1, 0.15) is 4.60 Å². The van der Waals surface area contributed by atoms with Crippen LogP contribution >= 0.6 is 15.9 Å². The van der Waals surface area contributed by atoms with Crippen molar-refractivity contribution in [1.29, 1.82) is 0 Å². The minimum Gasteiger partial charge on any atom is -0.363 e. The van der Waals surface area contributed by atoms with Crippen LogP contribution in [0.2, 0.25) is 0 Å². The molecule has 0 aliphatic rings. The van der Waals surface area contributed by atoms with Gasteiger partial charge in [-0.25, -0.2) is 9.97 Å². The molecule has 3 rings (SSSR count). The Kier molecular flexibility index (Phi) is 3.53. The average molecular weight is 348 g/mol. The maximum Gasteiger partial charge on any atom is 0.269 e. The summed E-state index contributed by atoms with van der Waals surface area (Å²) >= 11 is 3.34. The summed E-state index contributed by atoms with van der Waals surface area (Å²) in [5.74, 6) is 0.612. The van der Waals surface area contributed by atoms with Crippen LogP contribution in [-0.2, 0) is 6.54 Å². The monoisotopic (exact) mass is 347 g/mol. The van der Waals surface area contributed by atoms with Crippen molar-refractivity contribution in [3.05, 3.63) is 63.1 Å². The SMILES string of the molecule is O=[N+]([O-])c1cccc(CNc2nc(Br)cn3ccnc23)c1. The van der Waals surface area contributed by atoms with Crippen molar-refractivity contribution < 1.29 is 4.92 Å². The lowest BCUT2D eigenvalue weighted by Gasteiger charge is -2.07. The minimum absolute atomic E-state index is 0.0717. The van der Waals surface area contributed by atoms with E-state index in [4.69, 9.17) is 0 Å². The number of nitro benzene ring substituents is 1. The fourth-order valence-corrected chi connectivity index (χ4v) is 2.38. The van der Waals surface area contributed by atoms with Gasteiger partial charge in [0.25, 0.3) is 5.69 Å². The fourth-order valence-electron chi connectivity index (χ4n) is 1.99. The predicted molar refractivity (Wildman–Crippen MR) is 81.1 cm³/mol. The molecule has 1 aromatic carbocycles. The fraction of sp³-hybridized carbons (Fsp3) is 0.0769. The molecule has 0 aliphatic carbocycles. The topological polar surface area (TPSA) is 85.4 Å². The first-order valence-corrected chi connectivity index (χ1v) is 6.89. The molecule has 0 saturated carbocycles. The van der Waals surface area contributed by atoms with Crippen molar-refractivity contribution in [2.24, 2.45) is 0 Å². The zero-order chi connectivity index (χ0) is 14.8. The zero-order valence-corrected chi connectivity index (χ0v) is 12.3. The molecule has 0 unspecified atom stereocenters. The standard InChI is InChI=1S/C13H10BrN5O2/c14-11-8-18-5-4-15-13(18)12(17-11)16-7-9-2-1-3-10(6-9)19(20)21/h1-6,8H,7H2,(H,16,17). The van der Waals surface area contributed by atoms with Gasteiger partial charge in [-0.1, -0.05) is 12.1 Å². The van der Waals surface area contributed by atoms with Crippen LogP contribution in [0.1, 0.15) is 5.56 Å². The molecule has 0 radical (unpaired) electrons. The van der Waals surface area contributed by atoms with Crippen molar-refractivity contribution in [1.82, 2.24) is 14.4 Å². The van der Waals surface area contributed by atoms with E-state index in [1.54, 1.807) is 18.5 Å². The minimum atomic E-state index is -0.409. The molecule has 7 nitrogen and oxygen atoms in total. The molecule has 0 bridgehead atoms. The molecule has 0 atom stereocenters. The van der Waals surface area contributed by atoms with Crippen LogP contribution in [0, 0.1) is 10.1 Å². The number of fused-ring (bicyclic) bond motifs is 1. The molecule has 21 heavy (non-hydrogen) atoms. The lowest BCUT2D eigenvalue weighted by atomic mass is 10.2. The number of rotatable bonds is 4. The average Bonchev–Trinajstić information content (AvgIpc) is 2.93. The molecule has 0 amide bonds. The summed E-state index contributed by atoms with van der Waals surface area (Å²) in [6.07, 6.45) is 5.31. The summed E-state index contributed by atoms with van der Waals surface area (Å²) < 4.78 is 2.52. The van der Waals surface area contributed by atoms with Crippen molar-refractivity contribution in [2.45, 2.75) is 6.54 Å². The number of imidazole rings is 1. The Balaban J connectivity index is 1.85. The maximum atomic E-state index is 10.8. The highest BCUT2D eigenvalue weighted by Crippen LogP contribution is 2.19. The number of hydrogen-bond donors (Lipinski definition) is 1. The number of anilines is 1. The van der Waals surface area contributed by atoms with Gasteiger partial charge in [-0.05, 0) is 21.5 Å². The van der Waals surface area contributed by atoms with Crippen molar-refractivity contribution in [3.8, 4) is 0 Å². The predicted octanol–water partition coefficient (Wildman–Crippen LogP) is 3.01. The molecular weight excluding hydrogens is 338 g/mol. The van der Waals surface area contributed by atoms with Crippen LogP contribution in [0.5, 0.6) is 0 Å². The van der Waals surface area contributed by atoms with Gasteiger partial charge >= 0.3 is 0 Å². The number of nitrogens with one attached hydrogen (secondary N) is 1. The number of aromatic nitrogens is 3. The third kappa shape index (κ3) is 2.84. The zero-order valence-electron chi connectivity index (χ0n) is 10.7. The highest BCUT2D eigenvalue weighted by molar-refractivity contribution is 9.10. The van der Waals surface area contributed by atoms with Gasteiger partial charge in [0.15, 0.2) is 11.5 Å². The largest absolute Gasteiger partial charge is 0.363 e. The summed E-state index contributed by atoms with van der Waals surface area (Å²) in [6.45, 7) is 0.424. The van der Waals surface area contributed by atoms with Crippen molar-refractivity contribution in [2.75, 3.05) is 5.32 Å². The summed E-state index contributed by atoms with van der Waals surface area (Å²) in [5.41, 5.74) is 1.57. The van der Waals surface area contributed by atoms with E-state index in [0.717, 1.165) is 5.56 Å². The van der Waals surface area contributed by atoms with Gasteiger partial charge < -0.3 is 9.72 Å². The van der Waals surface area contributed by atoms with Crippen molar-refractivity contribution in [3.63, 3.8) is 0 Å². The lowest BCUT2D eigenvalue weighted by molar-refractivity contribution is -0.384. The molecule has 0 fully saturated rings. The first-order chi connectivity index (χ1) is 10.1. The highest BCUT2D eigenvalue weighted by Gasteiger charge is 2.08. The molecule has 8 heteroatoms. The van der Waals surface area contributed by atoms with Crippen LogP contribution in [0.3, 0.4) is 0 Å². The highest BCUT2D eigenvalue weighted by atomic mass is 79.9. The Bertz CT molecular complexity index is 817. The van der Waals surface area contributed by atoms with Gasteiger partial charge in [-0.2, -0.15) is 0 Å². The normalized spacial score (nSPS) is 10.7. The van der Waals surface area contributed by atoms with E-state index in [1.807, 2.05) is 16.7 Å². The van der Waals surface area contributed by atoms with Gasteiger partial charge in [0, 0.05) is 37.3 Å². The molecule has 2 aromatic heterocycles. The molecule has 106 valence electrons. The first-order valence-electron chi connectivity index (χ1n) is 6.10. The third-order valence-electron chi connectivity index (χ3n) is 2.93.